The van der Waals surface area contributed by atoms with Crippen LogP contribution in [0.3, 0.4) is 0 Å². The van der Waals surface area contributed by atoms with Gasteiger partial charge < -0.3 is 0 Å². The first-order valence-electron chi connectivity index (χ1n) is 20.2. The van der Waals surface area contributed by atoms with E-state index in [1.165, 1.54) is 48.7 Å². The van der Waals surface area contributed by atoms with Gasteiger partial charge in [-0.2, -0.15) is 0 Å². The molecule has 1 aliphatic carbocycles. The van der Waals surface area contributed by atoms with Gasteiger partial charge in [0, 0.05) is 43.6 Å². The Bertz CT molecular complexity index is 3200. The Morgan fingerprint density at radius 3 is 1.45 bits per heavy atom. The summed E-state index contributed by atoms with van der Waals surface area (Å²) in [7, 11) is 0. The summed E-state index contributed by atoms with van der Waals surface area (Å²) in [5.74, 6) is 1.92. The maximum atomic E-state index is 5.10. The molecule has 5 heteroatoms. The van der Waals surface area contributed by atoms with Crippen molar-refractivity contribution >= 4 is 22.7 Å². The second kappa shape index (κ2) is 13.8. The molecular formula is C55H34N4S. The number of benzene rings is 8. The average Bonchev–Trinajstić information content (AvgIpc) is 3.62. The van der Waals surface area contributed by atoms with Gasteiger partial charge in [0.15, 0.2) is 17.5 Å². The number of hydrogen-bond acceptors (Lipinski definition) is 5. The van der Waals surface area contributed by atoms with Gasteiger partial charge in [0.05, 0.1) is 10.9 Å². The molecule has 0 bridgehead atoms. The summed E-state index contributed by atoms with van der Waals surface area (Å²) >= 11 is 1.88. The zero-order valence-electron chi connectivity index (χ0n) is 32.3. The van der Waals surface area contributed by atoms with E-state index in [2.05, 4.69) is 133 Å². The molecule has 0 radical (unpaired) electrons. The summed E-state index contributed by atoms with van der Waals surface area (Å²) in [4.78, 5) is 22.6. The van der Waals surface area contributed by atoms with Crippen LogP contribution in [-0.2, 0) is 5.41 Å². The lowest BCUT2D eigenvalue weighted by atomic mass is 9.66. The summed E-state index contributed by atoms with van der Waals surface area (Å²) in [5, 5.41) is 1.13. The summed E-state index contributed by atoms with van der Waals surface area (Å²) in [5.41, 5.74) is 15.6. The standard InChI is InChI=1S/C55H34N4S/c1-3-16-36(17-4-1)52-57-53(37-18-5-2-6-19-37)59-54(58-52)39-22-11-21-38(34-39)40-26-13-31-47-50(40)60-51-44(43-27-12-20-35-23-15-33-56-49(35)43)28-14-32-48(51)55(47)45-29-9-7-24-41(45)42-25-8-10-30-46(42)55/h1-34H. The van der Waals surface area contributed by atoms with Crippen LogP contribution in [0.25, 0.3) is 78.4 Å². The van der Waals surface area contributed by atoms with E-state index in [9.17, 15) is 0 Å². The van der Waals surface area contributed by atoms with Crippen LogP contribution >= 0.6 is 11.8 Å². The van der Waals surface area contributed by atoms with Crippen molar-refractivity contribution in [3.8, 4) is 67.5 Å². The predicted molar refractivity (Wildman–Crippen MR) is 244 cm³/mol. The van der Waals surface area contributed by atoms with Crippen LogP contribution < -0.4 is 0 Å². The largest absolute Gasteiger partial charge is 0.256 e. The smallest absolute Gasteiger partial charge is 0.164 e. The Kier molecular flexibility index (Phi) is 7.97. The van der Waals surface area contributed by atoms with Crippen LogP contribution in [0.2, 0.25) is 0 Å². The Labute approximate surface area is 352 Å². The quantitative estimate of drug-likeness (QED) is 0.174. The molecule has 8 aromatic carbocycles. The third-order valence-electron chi connectivity index (χ3n) is 12.0. The van der Waals surface area contributed by atoms with Crippen LogP contribution in [-0.4, -0.2) is 19.9 Å². The minimum absolute atomic E-state index is 0.547. The van der Waals surface area contributed by atoms with Crippen molar-refractivity contribution in [1.82, 2.24) is 19.9 Å². The van der Waals surface area contributed by atoms with E-state index in [4.69, 9.17) is 19.9 Å². The molecule has 60 heavy (non-hydrogen) atoms. The van der Waals surface area contributed by atoms with Crippen LogP contribution in [0.5, 0.6) is 0 Å². The highest BCUT2D eigenvalue weighted by Gasteiger charge is 2.51. The molecular weight excluding hydrogens is 749 g/mol. The van der Waals surface area contributed by atoms with Gasteiger partial charge in [0.2, 0.25) is 0 Å². The number of rotatable bonds is 5. The molecule has 2 aromatic heterocycles. The lowest BCUT2D eigenvalue weighted by Gasteiger charge is -2.41. The van der Waals surface area contributed by atoms with Crippen molar-refractivity contribution < 1.29 is 0 Å². The zero-order valence-corrected chi connectivity index (χ0v) is 33.1. The summed E-state index contributed by atoms with van der Waals surface area (Å²) in [6.45, 7) is 0. The maximum Gasteiger partial charge on any atom is 0.164 e. The minimum atomic E-state index is -0.547. The van der Waals surface area contributed by atoms with Gasteiger partial charge in [-0.1, -0.05) is 200 Å². The van der Waals surface area contributed by atoms with Gasteiger partial charge in [-0.15, -0.1) is 0 Å². The molecule has 1 spiro atoms. The lowest BCUT2D eigenvalue weighted by molar-refractivity contribution is 0.724. The molecule has 0 amide bonds. The number of aromatic nitrogens is 4. The summed E-state index contributed by atoms with van der Waals surface area (Å²) in [6.07, 6.45) is 1.90. The predicted octanol–water partition coefficient (Wildman–Crippen LogP) is 13.6. The van der Waals surface area contributed by atoms with Crippen molar-refractivity contribution in [3.05, 3.63) is 229 Å². The molecule has 0 fully saturated rings. The summed E-state index contributed by atoms with van der Waals surface area (Å²) < 4.78 is 0. The zero-order chi connectivity index (χ0) is 39.6. The average molecular weight is 783 g/mol. The van der Waals surface area contributed by atoms with Crippen LogP contribution in [0, 0.1) is 0 Å². The molecule has 280 valence electrons. The highest BCUT2D eigenvalue weighted by atomic mass is 32.2. The molecule has 0 atom stereocenters. The van der Waals surface area contributed by atoms with E-state index in [0.717, 1.165) is 44.3 Å². The van der Waals surface area contributed by atoms with Crippen LogP contribution in [0.1, 0.15) is 22.3 Å². The Hall–Kier alpha value is -7.47. The topological polar surface area (TPSA) is 51.6 Å². The van der Waals surface area contributed by atoms with Gasteiger partial charge in [0.25, 0.3) is 0 Å². The molecule has 10 aromatic rings. The van der Waals surface area contributed by atoms with Crippen molar-refractivity contribution in [2.24, 2.45) is 0 Å². The number of hydrogen-bond donors (Lipinski definition) is 0. The molecule has 0 N–H and O–H groups in total. The highest BCUT2D eigenvalue weighted by molar-refractivity contribution is 7.99. The number of fused-ring (bicyclic) bond motifs is 10. The fraction of sp³-hybridized carbons (Fsp3) is 0.0182. The second-order valence-electron chi connectivity index (χ2n) is 15.3. The Morgan fingerprint density at radius 2 is 0.783 bits per heavy atom. The highest BCUT2D eigenvalue weighted by Crippen LogP contribution is 2.64. The summed E-state index contributed by atoms with van der Waals surface area (Å²) in [6, 6.07) is 71.4. The van der Waals surface area contributed by atoms with Gasteiger partial charge >= 0.3 is 0 Å². The van der Waals surface area contributed by atoms with Gasteiger partial charge in [0.1, 0.15) is 0 Å². The molecule has 4 nitrogen and oxygen atoms in total. The van der Waals surface area contributed by atoms with Crippen molar-refractivity contribution in [3.63, 3.8) is 0 Å². The normalized spacial score (nSPS) is 13.1. The third kappa shape index (κ3) is 5.26. The third-order valence-corrected chi connectivity index (χ3v) is 13.3. The number of para-hydroxylation sites is 1. The molecule has 12 rings (SSSR count). The number of nitrogens with zero attached hydrogens (tertiary/aromatic N) is 4. The Balaban J connectivity index is 1.10. The van der Waals surface area contributed by atoms with E-state index in [1.807, 2.05) is 84.7 Å². The van der Waals surface area contributed by atoms with E-state index in [1.54, 1.807) is 0 Å². The molecule has 0 saturated heterocycles. The van der Waals surface area contributed by atoms with E-state index >= 15 is 0 Å². The van der Waals surface area contributed by atoms with Gasteiger partial charge in [-0.3, -0.25) is 4.98 Å². The first kappa shape index (κ1) is 34.6. The van der Waals surface area contributed by atoms with Crippen molar-refractivity contribution in [1.29, 1.82) is 0 Å². The van der Waals surface area contributed by atoms with Gasteiger partial charge in [-0.05, 0) is 62.2 Å². The van der Waals surface area contributed by atoms with Crippen LogP contribution in [0.15, 0.2) is 216 Å². The first-order chi connectivity index (χ1) is 29.8. The van der Waals surface area contributed by atoms with E-state index in [-0.39, 0.29) is 0 Å². The Morgan fingerprint density at radius 1 is 0.333 bits per heavy atom. The van der Waals surface area contributed by atoms with E-state index in [0.29, 0.717) is 17.5 Å². The van der Waals surface area contributed by atoms with Gasteiger partial charge in [-0.25, -0.2) is 15.0 Å². The first-order valence-corrected chi connectivity index (χ1v) is 21.0. The molecule has 0 unspecified atom stereocenters. The van der Waals surface area contributed by atoms with Crippen molar-refractivity contribution in [2.75, 3.05) is 0 Å². The number of pyridine rings is 1. The monoisotopic (exact) mass is 782 g/mol. The molecule has 2 aliphatic rings. The fourth-order valence-electron chi connectivity index (χ4n) is 9.47. The lowest BCUT2D eigenvalue weighted by Crippen LogP contribution is -2.32. The van der Waals surface area contributed by atoms with Crippen LogP contribution in [0.4, 0.5) is 0 Å². The van der Waals surface area contributed by atoms with E-state index < -0.39 is 5.41 Å². The molecule has 0 saturated carbocycles. The van der Waals surface area contributed by atoms with Crippen molar-refractivity contribution in [2.45, 2.75) is 15.2 Å². The molecule has 1 aliphatic heterocycles. The fourth-order valence-corrected chi connectivity index (χ4v) is 10.9. The SMILES string of the molecule is c1ccc(-c2nc(-c3ccccc3)nc(-c3cccc(-c4cccc5c4Sc4c(-c6cccc7cccnc67)cccc4C54c5ccccc5-c5ccccc54)c3)n2)cc1. The minimum Gasteiger partial charge on any atom is -0.256 e. The molecule has 3 heterocycles. The second-order valence-corrected chi connectivity index (χ2v) is 16.3. The maximum absolute atomic E-state index is 5.10.